The van der Waals surface area contributed by atoms with Crippen molar-refractivity contribution in [3.63, 3.8) is 0 Å². The molecule has 1 heterocycles. The number of nitrogens with one attached hydrogen (secondary N) is 2. The lowest BCUT2D eigenvalue weighted by molar-refractivity contribution is 0.628. The molecule has 0 fully saturated rings. The summed E-state index contributed by atoms with van der Waals surface area (Å²) in [4.78, 5) is 7.54. The van der Waals surface area contributed by atoms with E-state index in [1.807, 2.05) is 30.3 Å². The highest BCUT2D eigenvalue weighted by atomic mass is 19.1. The van der Waals surface area contributed by atoms with Gasteiger partial charge in [-0.3, -0.25) is 0 Å². The van der Waals surface area contributed by atoms with Gasteiger partial charge in [-0.2, -0.15) is 0 Å². The highest BCUT2D eigenvalue weighted by molar-refractivity contribution is 5.58. The standard InChI is InChI=1S/C16H14FN3/c17-13-8-6-12(7-9-13)15-10-19-16(20-15)11-18-14-4-2-1-3-5-14/h1-10,18H,11H2,(H,19,20). The van der Waals surface area contributed by atoms with E-state index < -0.39 is 0 Å². The Morgan fingerprint density at radius 3 is 2.50 bits per heavy atom. The third kappa shape index (κ3) is 2.85. The van der Waals surface area contributed by atoms with Crippen LogP contribution < -0.4 is 5.32 Å². The molecule has 0 aliphatic heterocycles. The van der Waals surface area contributed by atoms with Gasteiger partial charge in [-0.15, -0.1) is 0 Å². The van der Waals surface area contributed by atoms with E-state index in [1.165, 1.54) is 12.1 Å². The number of H-pyrrole nitrogens is 1. The van der Waals surface area contributed by atoms with Crippen LogP contribution in [0.25, 0.3) is 11.3 Å². The lowest BCUT2D eigenvalue weighted by atomic mass is 10.2. The van der Waals surface area contributed by atoms with Crippen LogP contribution in [0.3, 0.4) is 0 Å². The number of hydrogen-bond acceptors (Lipinski definition) is 2. The van der Waals surface area contributed by atoms with Crippen molar-refractivity contribution in [3.8, 4) is 11.3 Å². The van der Waals surface area contributed by atoms with Gasteiger partial charge in [-0.25, -0.2) is 9.37 Å². The lowest BCUT2D eigenvalue weighted by Crippen LogP contribution is -2.00. The molecule has 0 saturated heterocycles. The van der Waals surface area contributed by atoms with Crippen molar-refractivity contribution in [2.24, 2.45) is 0 Å². The fourth-order valence-corrected chi connectivity index (χ4v) is 1.97. The van der Waals surface area contributed by atoms with Crippen LogP contribution in [0.5, 0.6) is 0 Å². The molecule has 0 bridgehead atoms. The molecule has 0 aliphatic carbocycles. The van der Waals surface area contributed by atoms with Crippen LogP contribution in [-0.2, 0) is 6.54 Å². The van der Waals surface area contributed by atoms with Gasteiger partial charge in [0.15, 0.2) is 0 Å². The molecule has 20 heavy (non-hydrogen) atoms. The number of anilines is 1. The van der Waals surface area contributed by atoms with Crippen LogP contribution in [0.4, 0.5) is 10.1 Å². The highest BCUT2D eigenvalue weighted by Gasteiger charge is 2.03. The summed E-state index contributed by atoms with van der Waals surface area (Å²) in [5.74, 6) is 0.604. The SMILES string of the molecule is Fc1ccc(-c2cnc(CNc3ccccc3)[nH]2)cc1. The molecule has 0 spiro atoms. The molecule has 3 rings (SSSR count). The molecule has 1 aromatic heterocycles. The molecule has 2 aromatic carbocycles. The third-order valence-corrected chi connectivity index (χ3v) is 3.02. The topological polar surface area (TPSA) is 40.7 Å². The van der Waals surface area contributed by atoms with Gasteiger partial charge in [0.2, 0.25) is 0 Å². The summed E-state index contributed by atoms with van der Waals surface area (Å²) >= 11 is 0. The van der Waals surface area contributed by atoms with E-state index in [2.05, 4.69) is 15.3 Å². The number of halogens is 1. The summed E-state index contributed by atoms with van der Waals surface area (Å²) in [7, 11) is 0. The van der Waals surface area contributed by atoms with Gasteiger partial charge < -0.3 is 10.3 Å². The molecule has 0 aliphatic rings. The van der Waals surface area contributed by atoms with Gasteiger partial charge in [0.25, 0.3) is 0 Å². The predicted octanol–water partition coefficient (Wildman–Crippen LogP) is 3.83. The molecule has 4 heteroatoms. The minimum Gasteiger partial charge on any atom is -0.378 e. The molecule has 100 valence electrons. The average molecular weight is 267 g/mol. The summed E-state index contributed by atoms with van der Waals surface area (Å²) in [6.45, 7) is 0.616. The molecule has 3 nitrogen and oxygen atoms in total. The van der Waals surface area contributed by atoms with Gasteiger partial charge in [0.05, 0.1) is 18.4 Å². The molecule has 0 radical (unpaired) electrons. The fraction of sp³-hybridized carbons (Fsp3) is 0.0625. The normalized spacial score (nSPS) is 10.4. The Morgan fingerprint density at radius 1 is 1.00 bits per heavy atom. The highest BCUT2D eigenvalue weighted by Crippen LogP contribution is 2.17. The summed E-state index contributed by atoms with van der Waals surface area (Å²) in [6, 6.07) is 16.3. The first-order chi connectivity index (χ1) is 9.81. The van der Waals surface area contributed by atoms with E-state index in [1.54, 1.807) is 18.3 Å². The summed E-state index contributed by atoms with van der Waals surface area (Å²) in [5.41, 5.74) is 2.85. The number of hydrogen-bond donors (Lipinski definition) is 2. The quantitative estimate of drug-likeness (QED) is 0.754. The predicted molar refractivity (Wildman–Crippen MR) is 77.8 cm³/mol. The monoisotopic (exact) mass is 267 g/mol. The van der Waals surface area contributed by atoms with Gasteiger partial charge in [-0.05, 0) is 42.0 Å². The van der Waals surface area contributed by atoms with Gasteiger partial charge in [0.1, 0.15) is 11.6 Å². The number of benzene rings is 2. The van der Waals surface area contributed by atoms with Crippen molar-refractivity contribution in [2.45, 2.75) is 6.54 Å². The summed E-state index contributed by atoms with van der Waals surface area (Å²) in [5, 5.41) is 3.28. The molecular weight excluding hydrogens is 253 g/mol. The van der Waals surface area contributed by atoms with E-state index in [-0.39, 0.29) is 5.82 Å². The first-order valence-corrected chi connectivity index (χ1v) is 6.40. The summed E-state index contributed by atoms with van der Waals surface area (Å²) < 4.78 is 12.9. The minimum atomic E-state index is -0.237. The zero-order valence-corrected chi connectivity index (χ0v) is 10.8. The lowest BCUT2D eigenvalue weighted by Gasteiger charge is -2.03. The Morgan fingerprint density at radius 2 is 1.75 bits per heavy atom. The smallest absolute Gasteiger partial charge is 0.125 e. The van der Waals surface area contributed by atoms with Crippen molar-refractivity contribution < 1.29 is 4.39 Å². The van der Waals surface area contributed by atoms with Crippen molar-refractivity contribution >= 4 is 5.69 Å². The maximum absolute atomic E-state index is 12.9. The Hall–Kier alpha value is -2.62. The van der Waals surface area contributed by atoms with E-state index in [0.717, 1.165) is 22.8 Å². The molecule has 0 saturated carbocycles. The van der Waals surface area contributed by atoms with Gasteiger partial charge in [0, 0.05) is 5.69 Å². The van der Waals surface area contributed by atoms with E-state index in [0.29, 0.717) is 6.54 Å². The zero-order valence-electron chi connectivity index (χ0n) is 10.8. The maximum Gasteiger partial charge on any atom is 0.125 e. The minimum absolute atomic E-state index is 0.237. The van der Waals surface area contributed by atoms with Crippen molar-refractivity contribution in [1.29, 1.82) is 0 Å². The fourth-order valence-electron chi connectivity index (χ4n) is 1.97. The first-order valence-electron chi connectivity index (χ1n) is 6.40. The Balaban J connectivity index is 1.69. The average Bonchev–Trinajstić information content (AvgIpc) is 2.96. The first kappa shape index (κ1) is 12.4. The van der Waals surface area contributed by atoms with Crippen LogP contribution in [-0.4, -0.2) is 9.97 Å². The Labute approximate surface area is 116 Å². The maximum atomic E-state index is 12.9. The molecule has 0 amide bonds. The number of rotatable bonds is 4. The van der Waals surface area contributed by atoms with E-state index in [9.17, 15) is 4.39 Å². The molecular formula is C16H14FN3. The number of para-hydroxylation sites is 1. The second kappa shape index (κ2) is 5.57. The second-order valence-corrected chi connectivity index (χ2v) is 4.47. The van der Waals surface area contributed by atoms with Gasteiger partial charge in [-0.1, -0.05) is 18.2 Å². The third-order valence-electron chi connectivity index (χ3n) is 3.02. The molecule has 0 unspecified atom stereocenters. The number of nitrogens with zero attached hydrogens (tertiary/aromatic N) is 1. The number of aromatic amines is 1. The van der Waals surface area contributed by atoms with Crippen LogP contribution in [0.2, 0.25) is 0 Å². The largest absolute Gasteiger partial charge is 0.378 e. The van der Waals surface area contributed by atoms with Crippen molar-refractivity contribution in [2.75, 3.05) is 5.32 Å². The van der Waals surface area contributed by atoms with Gasteiger partial charge >= 0.3 is 0 Å². The van der Waals surface area contributed by atoms with E-state index in [4.69, 9.17) is 0 Å². The van der Waals surface area contributed by atoms with Crippen molar-refractivity contribution in [3.05, 3.63) is 72.4 Å². The zero-order chi connectivity index (χ0) is 13.8. The Bertz CT molecular complexity index is 674. The molecule has 3 aromatic rings. The van der Waals surface area contributed by atoms with Crippen LogP contribution in [0.15, 0.2) is 60.8 Å². The van der Waals surface area contributed by atoms with Crippen molar-refractivity contribution in [1.82, 2.24) is 9.97 Å². The summed E-state index contributed by atoms with van der Waals surface area (Å²) in [6.07, 6.45) is 1.76. The molecule has 2 N–H and O–H groups in total. The Kier molecular flexibility index (Phi) is 3.46. The second-order valence-electron chi connectivity index (χ2n) is 4.47. The number of imidazole rings is 1. The van der Waals surface area contributed by atoms with Crippen LogP contribution in [0, 0.1) is 5.82 Å². The van der Waals surface area contributed by atoms with E-state index >= 15 is 0 Å². The van der Waals surface area contributed by atoms with Crippen LogP contribution in [0.1, 0.15) is 5.82 Å². The number of aromatic nitrogens is 2. The molecule has 0 atom stereocenters. The van der Waals surface area contributed by atoms with Crippen LogP contribution >= 0.6 is 0 Å².